The summed E-state index contributed by atoms with van der Waals surface area (Å²) in [6.07, 6.45) is 1.03. The maximum atomic E-state index is 14.9. The Morgan fingerprint density at radius 3 is 2.66 bits per heavy atom. The van der Waals surface area contributed by atoms with E-state index in [9.17, 15) is 9.18 Å². The van der Waals surface area contributed by atoms with Gasteiger partial charge in [-0.05, 0) is 67.3 Å². The van der Waals surface area contributed by atoms with Gasteiger partial charge in [-0.3, -0.25) is 4.79 Å². The second-order valence-electron chi connectivity index (χ2n) is 9.73. The first kappa shape index (κ1) is 26.4. The minimum Gasteiger partial charge on any atom is -0.454 e. The molecule has 1 saturated heterocycles. The predicted octanol–water partition coefficient (Wildman–Crippen LogP) is 4.62. The smallest absolute Gasteiger partial charge is 0.242 e. The number of ether oxygens (including phenoxy) is 3. The molecular weight excluding hydrogens is 509 g/mol. The highest BCUT2D eigenvalue weighted by Gasteiger charge is 2.30. The molecule has 0 unspecified atom stereocenters. The molecule has 0 aliphatic carbocycles. The first-order valence-electron chi connectivity index (χ1n) is 12.7. The number of amides is 1. The van der Waals surface area contributed by atoms with Crippen LogP contribution in [0.5, 0.6) is 11.5 Å². The maximum absolute atomic E-state index is 14.9. The Hall–Kier alpha value is -3.17. The van der Waals surface area contributed by atoms with Gasteiger partial charge >= 0.3 is 0 Å². The molecule has 4 N–H and O–H groups in total. The Bertz CT molecular complexity index is 1280. The Morgan fingerprint density at radius 1 is 1.13 bits per heavy atom. The fourth-order valence-electron chi connectivity index (χ4n) is 4.90. The third-order valence-corrected chi connectivity index (χ3v) is 7.27. The van der Waals surface area contributed by atoms with Crippen molar-refractivity contribution < 1.29 is 23.4 Å². The number of fused-ring (bicyclic) bond motifs is 1. The summed E-state index contributed by atoms with van der Waals surface area (Å²) >= 11 is 6.12. The van der Waals surface area contributed by atoms with Crippen molar-refractivity contribution >= 4 is 23.2 Å². The molecule has 38 heavy (non-hydrogen) atoms. The van der Waals surface area contributed by atoms with E-state index in [4.69, 9.17) is 31.5 Å². The van der Waals surface area contributed by atoms with E-state index in [1.807, 2.05) is 24.3 Å². The van der Waals surface area contributed by atoms with Crippen LogP contribution in [-0.4, -0.2) is 44.0 Å². The molecule has 0 radical (unpaired) electrons. The van der Waals surface area contributed by atoms with Gasteiger partial charge in [-0.15, -0.1) is 0 Å². The van der Waals surface area contributed by atoms with Crippen molar-refractivity contribution in [2.24, 2.45) is 5.73 Å². The van der Waals surface area contributed by atoms with Gasteiger partial charge in [-0.25, -0.2) is 4.39 Å². The number of hydrogen-bond acceptors (Lipinski definition) is 6. The first-order chi connectivity index (χ1) is 18.4. The van der Waals surface area contributed by atoms with E-state index in [0.717, 1.165) is 11.1 Å². The minimum atomic E-state index is -0.986. The molecule has 3 aromatic carbocycles. The van der Waals surface area contributed by atoms with Crippen LogP contribution in [0, 0.1) is 5.82 Å². The molecule has 4 atom stereocenters. The highest BCUT2D eigenvalue weighted by molar-refractivity contribution is 6.30. The fraction of sp³-hybridized carbons (Fsp3) is 0.345. The first-order valence-corrected chi connectivity index (χ1v) is 13.1. The number of anilines is 1. The van der Waals surface area contributed by atoms with Crippen LogP contribution in [0.3, 0.4) is 0 Å². The van der Waals surface area contributed by atoms with Crippen LogP contribution in [0.4, 0.5) is 10.1 Å². The molecule has 5 rings (SSSR count). The van der Waals surface area contributed by atoms with Gasteiger partial charge in [0.2, 0.25) is 12.7 Å². The normalized spacial score (nSPS) is 20.1. The van der Waals surface area contributed by atoms with Gasteiger partial charge in [0.05, 0.1) is 18.8 Å². The van der Waals surface area contributed by atoms with Crippen molar-refractivity contribution in [2.75, 3.05) is 25.3 Å². The molecule has 1 amide bonds. The monoisotopic (exact) mass is 539 g/mol. The van der Waals surface area contributed by atoms with Crippen LogP contribution in [0.15, 0.2) is 60.7 Å². The molecule has 3 aromatic rings. The van der Waals surface area contributed by atoms with Gasteiger partial charge in [0, 0.05) is 34.8 Å². The van der Waals surface area contributed by atoms with Crippen LogP contribution >= 0.6 is 11.6 Å². The zero-order chi connectivity index (χ0) is 26.6. The molecule has 0 saturated carbocycles. The number of morpholine rings is 1. The minimum absolute atomic E-state index is 0.0168. The molecule has 2 aliphatic rings. The van der Waals surface area contributed by atoms with Gasteiger partial charge in [0.25, 0.3) is 0 Å². The van der Waals surface area contributed by atoms with Crippen molar-refractivity contribution in [1.29, 1.82) is 0 Å². The lowest BCUT2D eigenvalue weighted by Gasteiger charge is -2.28. The van der Waals surface area contributed by atoms with Crippen LogP contribution in [0.25, 0.3) is 0 Å². The second kappa shape index (κ2) is 11.7. The molecule has 0 bridgehead atoms. The summed E-state index contributed by atoms with van der Waals surface area (Å²) in [6.45, 7) is 3.53. The summed E-state index contributed by atoms with van der Waals surface area (Å²) in [6, 6.07) is 16.7. The van der Waals surface area contributed by atoms with Crippen LogP contribution in [0.2, 0.25) is 5.02 Å². The lowest BCUT2D eigenvalue weighted by atomic mass is 9.84. The van der Waals surface area contributed by atoms with Gasteiger partial charge in [-0.2, -0.15) is 0 Å². The van der Waals surface area contributed by atoms with Gasteiger partial charge in [0.15, 0.2) is 11.5 Å². The number of rotatable bonds is 8. The molecule has 7 nitrogen and oxygen atoms in total. The van der Waals surface area contributed by atoms with E-state index in [0.29, 0.717) is 59.8 Å². The fourth-order valence-corrected chi connectivity index (χ4v) is 5.03. The molecule has 1 fully saturated rings. The molecule has 9 heteroatoms. The highest BCUT2D eigenvalue weighted by Crippen LogP contribution is 2.38. The molecule has 200 valence electrons. The van der Waals surface area contributed by atoms with Crippen LogP contribution < -0.4 is 25.8 Å². The number of benzene rings is 3. The van der Waals surface area contributed by atoms with Gasteiger partial charge in [-0.1, -0.05) is 35.9 Å². The molecule has 2 heterocycles. The van der Waals surface area contributed by atoms with E-state index < -0.39 is 17.9 Å². The van der Waals surface area contributed by atoms with E-state index in [2.05, 4.69) is 17.6 Å². The summed E-state index contributed by atoms with van der Waals surface area (Å²) < 4.78 is 31.7. The zero-order valence-corrected chi connectivity index (χ0v) is 21.8. The molecule has 2 aliphatic heterocycles. The average molecular weight is 540 g/mol. The standard InChI is InChI=1S/C29H31ClFN3O4/c1-17-15-36-21(14-33-17)10-11-22-23(31)3-2-4-24(22)34-29(35)28(32)27(18-5-8-20(30)9-6-18)19-7-12-25-26(13-19)38-16-37-25/h2-9,12-13,17,21,27-28,33H,10-11,14-16,32H2,1H3,(H,34,35)/t17-,21+,27+,28-/m0/s1. The average Bonchev–Trinajstić information content (AvgIpc) is 3.39. The zero-order valence-electron chi connectivity index (χ0n) is 21.1. The number of carbonyl (C=O) groups is 1. The van der Waals surface area contributed by atoms with Crippen molar-refractivity contribution in [2.45, 2.75) is 43.9 Å². The van der Waals surface area contributed by atoms with Crippen LogP contribution in [0.1, 0.15) is 36.0 Å². The molecule has 0 spiro atoms. The Morgan fingerprint density at radius 2 is 1.89 bits per heavy atom. The molecular formula is C29H31ClFN3O4. The number of hydrogen-bond donors (Lipinski definition) is 3. The van der Waals surface area contributed by atoms with E-state index in [1.54, 1.807) is 30.3 Å². The lowest BCUT2D eigenvalue weighted by molar-refractivity contribution is -0.117. The lowest BCUT2D eigenvalue weighted by Crippen LogP contribution is -2.44. The van der Waals surface area contributed by atoms with Crippen molar-refractivity contribution in [3.63, 3.8) is 0 Å². The summed E-state index contributed by atoms with van der Waals surface area (Å²) in [4.78, 5) is 13.5. The SMILES string of the molecule is C[C@H]1CO[C@H](CCc2c(F)cccc2NC(=O)[C@@H](N)[C@H](c2ccc(Cl)cc2)c2ccc3c(c2)OCO3)CN1. The quantitative estimate of drug-likeness (QED) is 0.387. The van der Waals surface area contributed by atoms with Crippen molar-refractivity contribution in [3.05, 3.63) is 88.2 Å². The van der Waals surface area contributed by atoms with Crippen LogP contribution in [-0.2, 0) is 16.0 Å². The highest BCUT2D eigenvalue weighted by atomic mass is 35.5. The van der Waals surface area contributed by atoms with Gasteiger partial charge < -0.3 is 30.6 Å². The summed E-state index contributed by atoms with van der Waals surface area (Å²) in [5.74, 6) is -0.0900. The number of nitrogens with two attached hydrogens (primary N) is 1. The second-order valence-corrected chi connectivity index (χ2v) is 10.2. The van der Waals surface area contributed by atoms with E-state index in [1.165, 1.54) is 6.07 Å². The largest absolute Gasteiger partial charge is 0.454 e. The number of carbonyl (C=O) groups excluding carboxylic acids is 1. The summed E-state index contributed by atoms with van der Waals surface area (Å²) in [5.41, 5.74) is 9.05. The van der Waals surface area contributed by atoms with E-state index in [-0.39, 0.29) is 18.7 Å². The number of nitrogens with one attached hydrogen (secondary N) is 2. The Balaban J connectivity index is 1.37. The summed E-state index contributed by atoms with van der Waals surface area (Å²) in [5, 5.41) is 6.84. The summed E-state index contributed by atoms with van der Waals surface area (Å²) in [7, 11) is 0. The topological polar surface area (TPSA) is 94.8 Å². The third-order valence-electron chi connectivity index (χ3n) is 7.02. The van der Waals surface area contributed by atoms with Crippen molar-refractivity contribution in [3.8, 4) is 11.5 Å². The van der Waals surface area contributed by atoms with E-state index >= 15 is 0 Å². The maximum Gasteiger partial charge on any atom is 0.242 e. The number of halogens is 2. The molecule has 0 aromatic heterocycles. The Kier molecular flexibility index (Phi) is 8.14. The third kappa shape index (κ3) is 5.94. The van der Waals surface area contributed by atoms with Gasteiger partial charge in [0.1, 0.15) is 5.82 Å². The Labute approximate surface area is 226 Å². The van der Waals surface area contributed by atoms with Crippen molar-refractivity contribution in [1.82, 2.24) is 5.32 Å². The predicted molar refractivity (Wildman–Crippen MR) is 144 cm³/mol.